The maximum Gasteiger partial charge on any atom is 0.222 e. The number of ether oxygens (including phenoxy) is 1. The lowest BCUT2D eigenvalue weighted by Gasteiger charge is -2.16. The number of benzene rings is 1. The Balaban J connectivity index is 1.48. The van der Waals surface area contributed by atoms with Crippen molar-refractivity contribution < 1.29 is 9.13 Å². The van der Waals surface area contributed by atoms with Crippen LogP contribution in [0.15, 0.2) is 42.6 Å². The Hall–Kier alpha value is -2.80. The second-order valence-corrected chi connectivity index (χ2v) is 6.91. The van der Waals surface area contributed by atoms with E-state index in [1.807, 2.05) is 30.9 Å². The molecular formula is C20H22FN5O. The number of para-hydroxylation sites is 1. The first kappa shape index (κ1) is 17.6. The van der Waals surface area contributed by atoms with Crippen molar-refractivity contribution in [3.63, 3.8) is 0 Å². The fraction of sp³-hybridized carbons (Fsp3) is 0.350. The Kier molecular flexibility index (Phi) is 4.85. The maximum absolute atomic E-state index is 13.9. The molecule has 4 rings (SSSR count). The number of aryl methyl sites for hydroxylation is 2. The van der Waals surface area contributed by atoms with E-state index in [0.717, 1.165) is 37.6 Å². The molecule has 0 saturated carbocycles. The molecule has 2 aromatic heterocycles. The molecule has 27 heavy (non-hydrogen) atoms. The van der Waals surface area contributed by atoms with Crippen LogP contribution < -0.4 is 4.74 Å². The molecule has 1 atom stereocenters. The molecule has 3 heterocycles. The minimum Gasteiger partial charge on any atom is -0.436 e. The lowest BCUT2D eigenvalue weighted by Crippen LogP contribution is -2.21. The fourth-order valence-electron chi connectivity index (χ4n) is 3.41. The zero-order valence-corrected chi connectivity index (χ0v) is 15.5. The number of hydrogen-bond donors (Lipinski definition) is 0. The van der Waals surface area contributed by atoms with Crippen molar-refractivity contribution in [1.82, 2.24) is 24.6 Å². The number of likely N-dealkylation sites (tertiary alicyclic amines) is 1. The highest BCUT2D eigenvalue weighted by molar-refractivity contribution is 5.29. The molecule has 0 spiro atoms. The highest BCUT2D eigenvalue weighted by atomic mass is 19.1. The third kappa shape index (κ3) is 3.98. The van der Waals surface area contributed by atoms with Crippen LogP contribution in [0.2, 0.25) is 0 Å². The number of rotatable bonds is 5. The summed E-state index contributed by atoms with van der Waals surface area (Å²) in [5.41, 5.74) is 2.00. The van der Waals surface area contributed by atoms with Gasteiger partial charge in [-0.25, -0.2) is 9.37 Å². The highest BCUT2D eigenvalue weighted by Crippen LogP contribution is 2.29. The Labute approximate surface area is 157 Å². The SMILES string of the molecule is Cc1cc(Oc2ccccc2F)nc([C@@H]2CCN(Cc3ccnn3C)C2)n1. The van der Waals surface area contributed by atoms with Gasteiger partial charge in [-0.1, -0.05) is 12.1 Å². The third-order valence-corrected chi connectivity index (χ3v) is 4.84. The second kappa shape index (κ2) is 7.44. The summed E-state index contributed by atoms with van der Waals surface area (Å²) in [5, 5.41) is 4.22. The summed E-state index contributed by atoms with van der Waals surface area (Å²) in [7, 11) is 1.96. The Morgan fingerprint density at radius 3 is 2.85 bits per heavy atom. The molecule has 1 aliphatic rings. The molecule has 0 unspecified atom stereocenters. The van der Waals surface area contributed by atoms with Gasteiger partial charge in [-0.2, -0.15) is 10.1 Å². The van der Waals surface area contributed by atoms with E-state index in [0.29, 0.717) is 5.88 Å². The van der Waals surface area contributed by atoms with Gasteiger partial charge in [0.25, 0.3) is 0 Å². The van der Waals surface area contributed by atoms with E-state index in [9.17, 15) is 4.39 Å². The van der Waals surface area contributed by atoms with Gasteiger partial charge in [0, 0.05) is 44.0 Å². The molecule has 6 nitrogen and oxygen atoms in total. The smallest absolute Gasteiger partial charge is 0.222 e. The van der Waals surface area contributed by atoms with Gasteiger partial charge in [-0.05, 0) is 38.1 Å². The highest BCUT2D eigenvalue weighted by Gasteiger charge is 2.27. The summed E-state index contributed by atoms with van der Waals surface area (Å²) in [6.07, 6.45) is 2.80. The van der Waals surface area contributed by atoms with Gasteiger partial charge in [0.15, 0.2) is 11.6 Å². The molecule has 0 aliphatic carbocycles. The molecule has 1 saturated heterocycles. The molecule has 140 valence electrons. The molecule has 3 aromatic rings. The normalized spacial score (nSPS) is 17.4. The molecule has 1 aromatic carbocycles. The van der Waals surface area contributed by atoms with E-state index in [1.165, 1.54) is 11.8 Å². The second-order valence-electron chi connectivity index (χ2n) is 6.91. The first-order valence-electron chi connectivity index (χ1n) is 9.05. The van der Waals surface area contributed by atoms with Crippen molar-refractivity contribution >= 4 is 0 Å². The summed E-state index contributed by atoms with van der Waals surface area (Å²) in [5.74, 6) is 1.15. The predicted octanol–water partition coefficient (Wildman–Crippen LogP) is 3.44. The van der Waals surface area contributed by atoms with Crippen LogP contribution in [0.4, 0.5) is 4.39 Å². The lowest BCUT2D eigenvalue weighted by molar-refractivity contribution is 0.315. The minimum atomic E-state index is -0.404. The Morgan fingerprint density at radius 1 is 1.22 bits per heavy atom. The lowest BCUT2D eigenvalue weighted by atomic mass is 10.1. The number of hydrogen-bond acceptors (Lipinski definition) is 5. The zero-order chi connectivity index (χ0) is 18.8. The topological polar surface area (TPSA) is 56.1 Å². The Bertz CT molecular complexity index is 942. The molecular weight excluding hydrogens is 345 g/mol. The fourth-order valence-corrected chi connectivity index (χ4v) is 3.41. The van der Waals surface area contributed by atoms with E-state index in [2.05, 4.69) is 20.0 Å². The van der Waals surface area contributed by atoms with Crippen LogP contribution in [-0.2, 0) is 13.6 Å². The van der Waals surface area contributed by atoms with Gasteiger partial charge in [0.05, 0.1) is 5.69 Å². The number of halogens is 1. The van der Waals surface area contributed by atoms with Crippen LogP contribution in [0.1, 0.15) is 29.6 Å². The number of aromatic nitrogens is 4. The standard InChI is InChI=1S/C20H22FN5O/c1-14-11-19(27-18-6-4-3-5-17(18)21)24-20(23-14)15-8-10-26(12-15)13-16-7-9-22-25(16)2/h3-7,9,11,15H,8,10,12-13H2,1-2H3/t15-/m1/s1. The van der Waals surface area contributed by atoms with Crippen molar-refractivity contribution in [3.05, 3.63) is 65.6 Å². The zero-order valence-electron chi connectivity index (χ0n) is 15.5. The van der Waals surface area contributed by atoms with Gasteiger partial charge in [0.1, 0.15) is 5.82 Å². The largest absolute Gasteiger partial charge is 0.436 e. The van der Waals surface area contributed by atoms with Gasteiger partial charge < -0.3 is 4.74 Å². The predicted molar refractivity (Wildman–Crippen MR) is 99.1 cm³/mol. The maximum atomic E-state index is 13.9. The van der Waals surface area contributed by atoms with Crippen LogP contribution in [-0.4, -0.2) is 37.7 Å². The summed E-state index contributed by atoms with van der Waals surface area (Å²) < 4.78 is 21.4. The molecule has 0 bridgehead atoms. The van der Waals surface area contributed by atoms with Crippen LogP contribution in [0.3, 0.4) is 0 Å². The van der Waals surface area contributed by atoms with Gasteiger partial charge in [-0.15, -0.1) is 0 Å². The molecule has 0 radical (unpaired) electrons. The Morgan fingerprint density at radius 2 is 2.07 bits per heavy atom. The van der Waals surface area contributed by atoms with Crippen LogP contribution in [0.5, 0.6) is 11.6 Å². The van der Waals surface area contributed by atoms with E-state index >= 15 is 0 Å². The van der Waals surface area contributed by atoms with Crippen molar-refractivity contribution in [2.24, 2.45) is 7.05 Å². The molecule has 0 amide bonds. The van der Waals surface area contributed by atoms with Crippen LogP contribution in [0, 0.1) is 12.7 Å². The van der Waals surface area contributed by atoms with E-state index in [-0.39, 0.29) is 11.7 Å². The van der Waals surface area contributed by atoms with Gasteiger partial charge in [0.2, 0.25) is 5.88 Å². The summed E-state index contributed by atoms with van der Waals surface area (Å²) in [6.45, 7) is 4.63. The summed E-state index contributed by atoms with van der Waals surface area (Å²) in [4.78, 5) is 11.5. The van der Waals surface area contributed by atoms with Crippen molar-refractivity contribution in [3.8, 4) is 11.6 Å². The molecule has 1 aliphatic heterocycles. The first-order chi connectivity index (χ1) is 13.1. The quantitative estimate of drug-likeness (QED) is 0.691. The number of nitrogens with zero attached hydrogens (tertiary/aromatic N) is 5. The van der Waals surface area contributed by atoms with E-state index < -0.39 is 5.82 Å². The van der Waals surface area contributed by atoms with Crippen molar-refractivity contribution in [1.29, 1.82) is 0 Å². The van der Waals surface area contributed by atoms with Gasteiger partial charge >= 0.3 is 0 Å². The summed E-state index contributed by atoms with van der Waals surface area (Å²) >= 11 is 0. The van der Waals surface area contributed by atoms with Crippen LogP contribution >= 0.6 is 0 Å². The monoisotopic (exact) mass is 367 g/mol. The van der Waals surface area contributed by atoms with Crippen molar-refractivity contribution in [2.45, 2.75) is 25.8 Å². The van der Waals surface area contributed by atoms with E-state index in [1.54, 1.807) is 24.3 Å². The van der Waals surface area contributed by atoms with E-state index in [4.69, 9.17) is 4.74 Å². The third-order valence-electron chi connectivity index (χ3n) is 4.84. The average Bonchev–Trinajstić information content (AvgIpc) is 3.27. The van der Waals surface area contributed by atoms with Crippen molar-refractivity contribution in [2.75, 3.05) is 13.1 Å². The molecule has 1 fully saturated rings. The minimum absolute atomic E-state index is 0.172. The van der Waals surface area contributed by atoms with Crippen LogP contribution in [0.25, 0.3) is 0 Å². The first-order valence-corrected chi connectivity index (χ1v) is 9.05. The summed E-state index contributed by atoms with van der Waals surface area (Å²) in [6, 6.07) is 10.1. The average molecular weight is 367 g/mol. The molecule has 0 N–H and O–H groups in total. The molecule has 7 heteroatoms. The van der Waals surface area contributed by atoms with Gasteiger partial charge in [-0.3, -0.25) is 9.58 Å².